The summed E-state index contributed by atoms with van der Waals surface area (Å²) in [6.07, 6.45) is 0. The van der Waals surface area contributed by atoms with Crippen LogP contribution in [0.25, 0.3) is 133 Å². The average molecular weight is 892 g/mol. The van der Waals surface area contributed by atoms with Gasteiger partial charge in [0.25, 0.3) is 0 Å². The van der Waals surface area contributed by atoms with E-state index in [1.165, 1.54) is 49.0 Å². The maximum atomic E-state index is 5.60. The molecule has 0 atom stereocenters. The molecule has 326 valence electrons. The first-order valence-corrected chi connectivity index (χ1v) is 23.8. The second-order valence-electron chi connectivity index (χ2n) is 17.9. The molecule has 5 heteroatoms. The molecule has 70 heavy (non-hydrogen) atoms. The van der Waals surface area contributed by atoms with Gasteiger partial charge in [-0.25, -0.2) is 15.0 Å². The highest BCUT2D eigenvalue weighted by molar-refractivity contribution is 6.30. The lowest BCUT2D eigenvalue weighted by Gasteiger charge is -2.15. The lowest BCUT2D eigenvalue weighted by Crippen LogP contribution is -1.98. The first-order chi connectivity index (χ1) is 34.7. The highest BCUT2D eigenvalue weighted by Crippen LogP contribution is 2.44. The molecule has 0 unspecified atom stereocenters. The third-order valence-electron chi connectivity index (χ3n) is 13.9. The van der Waals surface area contributed by atoms with Gasteiger partial charge in [-0.15, -0.1) is 0 Å². The summed E-state index contributed by atoms with van der Waals surface area (Å²) in [5.41, 5.74) is 16.7. The quantitative estimate of drug-likeness (QED) is 0.150. The van der Waals surface area contributed by atoms with E-state index >= 15 is 0 Å². The lowest BCUT2D eigenvalue weighted by atomic mass is 9.93. The summed E-state index contributed by atoms with van der Waals surface area (Å²) in [5.74, 6) is 0.679. The van der Waals surface area contributed by atoms with E-state index < -0.39 is 0 Å². The molecule has 0 spiro atoms. The minimum atomic E-state index is 0.679. The standard InChI is InChI=1S/C65H41N5/c1-4-18-44(19-5-1)63-54-38-39-60-62(52-28-12-15-33-59(52)69(60)47-23-8-3-9-24-47)61(54)53-30-17-29-49(64(53)68-63)42-34-36-43(37-35-42)55-41-56(67-65(66-55)45-20-6-2-7-21-45)46-22-16-25-48(40-46)70-57-31-13-10-26-50(57)51-27-11-14-32-58(51)70/h1-41H. The van der Waals surface area contributed by atoms with Crippen LogP contribution in [0.4, 0.5) is 0 Å². The Hall–Kier alpha value is -9.45. The molecule has 4 aromatic heterocycles. The Morgan fingerprint density at radius 1 is 0.271 bits per heavy atom. The molecule has 0 aliphatic carbocycles. The van der Waals surface area contributed by atoms with E-state index in [9.17, 15) is 0 Å². The Kier molecular flexibility index (Phi) is 9.14. The number of rotatable bonds is 7. The molecule has 0 saturated heterocycles. The van der Waals surface area contributed by atoms with E-state index in [1.807, 2.05) is 18.2 Å². The smallest absolute Gasteiger partial charge is 0.160 e. The van der Waals surface area contributed by atoms with E-state index in [1.54, 1.807) is 0 Å². The van der Waals surface area contributed by atoms with Gasteiger partial charge in [-0.3, -0.25) is 0 Å². The molecule has 14 rings (SSSR count). The fourth-order valence-electron chi connectivity index (χ4n) is 10.8. The van der Waals surface area contributed by atoms with Gasteiger partial charge in [-0.1, -0.05) is 194 Å². The molecule has 0 amide bonds. The van der Waals surface area contributed by atoms with Crippen LogP contribution in [0.1, 0.15) is 0 Å². The van der Waals surface area contributed by atoms with Crippen molar-refractivity contribution in [2.24, 2.45) is 0 Å². The minimum absolute atomic E-state index is 0.679. The van der Waals surface area contributed by atoms with Gasteiger partial charge in [0.1, 0.15) is 0 Å². The predicted octanol–water partition coefficient (Wildman–Crippen LogP) is 16.7. The van der Waals surface area contributed by atoms with Crippen LogP contribution in [0.3, 0.4) is 0 Å². The number of nitrogens with zero attached hydrogens (tertiary/aromatic N) is 5. The molecule has 0 saturated carbocycles. The van der Waals surface area contributed by atoms with Crippen molar-refractivity contribution in [3.63, 3.8) is 0 Å². The summed E-state index contributed by atoms with van der Waals surface area (Å²) in [4.78, 5) is 16.1. The summed E-state index contributed by atoms with van der Waals surface area (Å²) in [6.45, 7) is 0. The summed E-state index contributed by atoms with van der Waals surface area (Å²) in [5, 5.41) is 8.36. The summed E-state index contributed by atoms with van der Waals surface area (Å²) in [7, 11) is 0. The van der Waals surface area contributed by atoms with E-state index in [2.05, 4.69) is 240 Å². The van der Waals surface area contributed by atoms with Crippen LogP contribution in [0.2, 0.25) is 0 Å². The van der Waals surface area contributed by atoms with Gasteiger partial charge in [-0.05, 0) is 60.2 Å². The molecule has 5 nitrogen and oxygen atoms in total. The van der Waals surface area contributed by atoms with Crippen LogP contribution in [0.5, 0.6) is 0 Å². The number of aromatic nitrogens is 5. The topological polar surface area (TPSA) is 48.5 Å². The van der Waals surface area contributed by atoms with Gasteiger partial charge in [0.15, 0.2) is 5.82 Å². The van der Waals surface area contributed by atoms with E-state index in [0.717, 1.165) is 78.1 Å². The second-order valence-corrected chi connectivity index (χ2v) is 17.9. The zero-order chi connectivity index (χ0) is 46.1. The zero-order valence-corrected chi connectivity index (χ0v) is 37.9. The van der Waals surface area contributed by atoms with E-state index in [4.69, 9.17) is 15.0 Å². The third kappa shape index (κ3) is 6.36. The number of pyridine rings is 1. The van der Waals surface area contributed by atoms with Crippen molar-refractivity contribution in [2.75, 3.05) is 0 Å². The Balaban J connectivity index is 0.931. The van der Waals surface area contributed by atoms with Gasteiger partial charge in [0.2, 0.25) is 0 Å². The largest absolute Gasteiger partial charge is 0.309 e. The molecule has 4 heterocycles. The number of hydrogen-bond acceptors (Lipinski definition) is 3. The minimum Gasteiger partial charge on any atom is -0.309 e. The second kappa shape index (κ2) is 16.1. The predicted molar refractivity (Wildman–Crippen MR) is 291 cm³/mol. The molecule has 0 N–H and O–H groups in total. The van der Waals surface area contributed by atoms with Crippen LogP contribution in [-0.2, 0) is 0 Å². The fourth-order valence-corrected chi connectivity index (χ4v) is 10.8. The van der Waals surface area contributed by atoms with Crippen LogP contribution >= 0.6 is 0 Å². The third-order valence-corrected chi connectivity index (χ3v) is 13.9. The Labute approximate surface area is 403 Å². The SMILES string of the molecule is c1ccc(-c2nc(-c3ccc(-c4cccc5c4nc(-c4ccccc4)c4ccc6c(c7ccccc7n6-c6ccccc6)c45)cc3)cc(-c3cccc(-n4c5ccccc5c5ccccc54)c3)n2)cc1. The maximum absolute atomic E-state index is 5.60. The molecular formula is C65H41N5. The first-order valence-electron chi connectivity index (χ1n) is 23.8. The van der Waals surface area contributed by atoms with Crippen LogP contribution in [-0.4, -0.2) is 24.1 Å². The summed E-state index contributed by atoms with van der Waals surface area (Å²) in [6, 6.07) is 88.4. The van der Waals surface area contributed by atoms with Crippen molar-refractivity contribution in [3.05, 3.63) is 249 Å². The van der Waals surface area contributed by atoms with Crippen LogP contribution in [0, 0.1) is 0 Å². The van der Waals surface area contributed by atoms with Crippen molar-refractivity contribution in [1.29, 1.82) is 0 Å². The number of para-hydroxylation sites is 5. The number of hydrogen-bond donors (Lipinski definition) is 0. The van der Waals surface area contributed by atoms with Crippen molar-refractivity contribution < 1.29 is 0 Å². The Morgan fingerprint density at radius 3 is 1.49 bits per heavy atom. The first kappa shape index (κ1) is 39.7. The molecule has 10 aromatic carbocycles. The van der Waals surface area contributed by atoms with Crippen LogP contribution in [0.15, 0.2) is 249 Å². The van der Waals surface area contributed by atoms with Crippen molar-refractivity contribution in [1.82, 2.24) is 24.1 Å². The number of benzene rings is 10. The highest BCUT2D eigenvalue weighted by atomic mass is 15.0. The van der Waals surface area contributed by atoms with Crippen LogP contribution < -0.4 is 0 Å². The zero-order valence-electron chi connectivity index (χ0n) is 37.9. The van der Waals surface area contributed by atoms with Gasteiger partial charge in [0, 0.05) is 76.9 Å². The summed E-state index contributed by atoms with van der Waals surface area (Å²) < 4.78 is 4.75. The fraction of sp³-hybridized carbons (Fsp3) is 0. The van der Waals surface area contributed by atoms with Gasteiger partial charge >= 0.3 is 0 Å². The van der Waals surface area contributed by atoms with Gasteiger partial charge in [-0.2, -0.15) is 0 Å². The summed E-state index contributed by atoms with van der Waals surface area (Å²) >= 11 is 0. The molecule has 0 fully saturated rings. The van der Waals surface area contributed by atoms with Gasteiger partial charge < -0.3 is 9.13 Å². The lowest BCUT2D eigenvalue weighted by molar-refractivity contribution is 1.16. The molecule has 0 aliphatic rings. The highest BCUT2D eigenvalue weighted by Gasteiger charge is 2.21. The van der Waals surface area contributed by atoms with Gasteiger partial charge in [0.05, 0.1) is 44.7 Å². The maximum Gasteiger partial charge on any atom is 0.160 e. The Bertz CT molecular complexity index is 4270. The molecule has 0 bridgehead atoms. The normalized spacial score (nSPS) is 11.7. The molecular weight excluding hydrogens is 851 g/mol. The Morgan fingerprint density at radius 2 is 0.786 bits per heavy atom. The number of fused-ring (bicyclic) bond motifs is 10. The van der Waals surface area contributed by atoms with E-state index in [-0.39, 0.29) is 0 Å². The van der Waals surface area contributed by atoms with Crippen molar-refractivity contribution in [2.45, 2.75) is 0 Å². The molecule has 0 aliphatic heterocycles. The van der Waals surface area contributed by atoms with Crippen molar-refractivity contribution >= 4 is 65.3 Å². The molecule has 14 aromatic rings. The average Bonchev–Trinajstić information content (AvgIpc) is 3.96. The van der Waals surface area contributed by atoms with Crippen molar-refractivity contribution in [3.8, 4) is 67.7 Å². The molecule has 0 radical (unpaired) electrons. The monoisotopic (exact) mass is 891 g/mol. The van der Waals surface area contributed by atoms with E-state index in [0.29, 0.717) is 5.82 Å².